The molecule has 0 heterocycles. The first-order valence-electron chi connectivity index (χ1n) is 12.3. The molecule has 6 nitrogen and oxygen atoms in total. The summed E-state index contributed by atoms with van der Waals surface area (Å²) in [5, 5.41) is 0. The lowest BCUT2D eigenvalue weighted by atomic mass is 9.46. The number of carbonyl (C=O) groups is 3. The van der Waals surface area contributed by atoms with E-state index >= 15 is 0 Å². The molecule has 0 bridgehead atoms. The predicted molar refractivity (Wildman–Crippen MR) is 119 cm³/mol. The number of ether oxygens (including phenoxy) is 3. The molecule has 0 spiro atoms. The molecule has 7 atom stereocenters. The third-order valence-corrected chi connectivity index (χ3v) is 9.34. The second-order valence-electron chi connectivity index (χ2n) is 10.8. The highest BCUT2D eigenvalue weighted by Gasteiger charge is 2.60. The van der Waals surface area contributed by atoms with Crippen LogP contribution in [0.25, 0.3) is 0 Å². The molecule has 0 aromatic rings. The molecule has 6 heteroatoms. The topological polar surface area (TPSA) is 78.9 Å². The number of ketones is 2. The highest BCUT2D eigenvalue weighted by atomic mass is 16.7. The number of Topliss-reactive ketones (excluding diaryl/α,β-unsaturated/α-hetero) is 1. The first-order valence-corrected chi connectivity index (χ1v) is 12.3. The maximum absolute atomic E-state index is 12.9. The van der Waals surface area contributed by atoms with Crippen molar-refractivity contribution in [1.29, 1.82) is 0 Å². The lowest BCUT2D eigenvalue weighted by Crippen LogP contribution is -2.53. The molecule has 4 rings (SSSR count). The second kappa shape index (κ2) is 9.02. The van der Waals surface area contributed by atoms with Gasteiger partial charge in [-0.15, -0.1) is 0 Å². The van der Waals surface area contributed by atoms with E-state index in [1.807, 2.05) is 13.0 Å². The van der Waals surface area contributed by atoms with Gasteiger partial charge in [-0.05, 0) is 86.5 Å². The summed E-state index contributed by atoms with van der Waals surface area (Å²) < 4.78 is 16.2. The zero-order valence-corrected chi connectivity index (χ0v) is 20.0. The van der Waals surface area contributed by atoms with E-state index in [0.717, 1.165) is 44.9 Å². The fourth-order valence-electron chi connectivity index (χ4n) is 7.75. The predicted octanol–water partition coefficient (Wildman–Crippen LogP) is 4.26. The van der Waals surface area contributed by atoms with Crippen molar-refractivity contribution in [2.75, 3.05) is 20.0 Å². The Morgan fingerprint density at radius 2 is 1.91 bits per heavy atom. The van der Waals surface area contributed by atoms with Gasteiger partial charge in [0, 0.05) is 19.4 Å². The van der Waals surface area contributed by atoms with E-state index in [-0.39, 0.29) is 41.7 Å². The Kier molecular flexibility index (Phi) is 6.66. The Morgan fingerprint density at radius 1 is 1.12 bits per heavy atom. The molecule has 0 amide bonds. The summed E-state index contributed by atoms with van der Waals surface area (Å²) in [6.07, 6.45) is 8.24. The average molecular weight is 447 g/mol. The van der Waals surface area contributed by atoms with Gasteiger partial charge in [-0.1, -0.05) is 19.4 Å². The van der Waals surface area contributed by atoms with Crippen LogP contribution in [-0.2, 0) is 28.6 Å². The average Bonchev–Trinajstić information content (AvgIpc) is 3.10. The maximum atomic E-state index is 12.9. The highest BCUT2D eigenvalue weighted by molar-refractivity contribution is 5.95. The second-order valence-corrected chi connectivity index (χ2v) is 10.8. The van der Waals surface area contributed by atoms with Crippen LogP contribution >= 0.6 is 0 Å². The summed E-state index contributed by atoms with van der Waals surface area (Å²) in [6.45, 7) is 8.54. The lowest BCUT2D eigenvalue weighted by molar-refractivity contribution is -0.151. The highest BCUT2D eigenvalue weighted by Crippen LogP contribution is 2.66. The molecule has 3 saturated carbocycles. The molecule has 178 valence electrons. The molecule has 0 saturated heterocycles. The summed E-state index contributed by atoms with van der Waals surface area (Å²) in [7, 11) is 0. The Balaban J connectivity index is 1.52. The Hall–Kier alpha value is -1.53. The fraction of sp³-hybridized carbons (Fsp3) is 0.808. The molecule has 4 aliphatic carbocycles. The first kappa shape index (κ1) is 23.6. The smallest absolute Gasteiger partial charge is 0.303 e. The van der Waals surface area contributed by atoms with E-state index in [1.165, 1.54) is 12.5 Å². The van der Waals surface area contributed by atoms with Gasteiger partial charge < -0.3 is 14.2 Å². The van der Waals surface area contributed by atoms with Gasteiger partial charge >= 0.3 is 5.97 Å². The molecule has 32 heavy (non-hydrogen) atoms. The van der Waals surface area contributed by atoms with Crippen molar-refractivity contribution >= 4 is 17.5 Å². The van der Waals surface area contributed by atoms with Crippen LogP contribution in [0.15, 0.2) is 11.6 Å². The van der Waals surface area contributed by atoms with Gasteiger partial charge in [0.25, 0.3) is 0 Å². The van der Waals surface area contributed by atoms with Crippen molar-refractivity contribution < 1.29 is 28.6 Å². The summed E-state index contributed by atoms with van der Waals surface area (Å²) in [5.41, 5.74) is 1.24. The molecule has 3 fully saturated rings. The van der Waals surface area contributed by atoms with Crippen LogP contribution in [0.5, 0.6) is 0 Å². The number of rotatable bonds is 7. The van der Waals surface area contributed by atoms with Gasteiger partial charge in [0.15, 0.2) is 11.6 Å². The standard InChI is InChI=1S/C26H38O6/c1-5-30-15-32-24-13-26(4)17(12-22(24)28)6-7-18-19-8-9-21(23(29)14-31-16(2)27)25(19,3)11-10-20(18)26/h12,18-21,24H,5-11,13-15H2,1-4H3/t18-,19-,20-,21+,24?,25-,26-/m0/s1. The Labute approximate surface area is 191 Å². The van der Waals surface area contributed by atoms with Crippen molar-refractivity contribution in [2.45, 2.75) is 78.7 Å². The SMILES string of the molecule is CCOCOC1C[C@@]2(C)C(=CC1=O)CC[C@H]1[C@@H]3CC[C@H](C(=O)COC(C)=O)[C@@]3(C)CC[C@@H]12. The Bertz CT molecular complexity index is 802. The van der Waals surface area contributed by atoms with Gasteiger partial charge in [-0.3, -0.25) is 14.4 Å². The molecule has 4 aliphatic rings. The Morgan fingerprint density at radius 3 is 2.62 bits per heavy atom. The lowest BCUT2D eigenvalue weighted by Gasteiger charge is -2.58. The van der Waals surface area contributed by atoms with Crippen LogP contribution in [0, 0.1) is 34.5 Å². The zero-order chi connectivity index (χ0) is 23.1. The molecule has 0 aliphatic heterocycles. The van der Waals surface area contributed by atoms with E-state index in [4.69, 9.17) is 14.2 Å². The summed E-state index contributed by atoms with van der Waals surface area (Å²) in [4.78, 5) is 36.8. The van der Waals surface area contributed by atoms with Crippen molar-refractivity contribution in [2.24, 2.45) is 34.5 Å². The van der Waals surface area contributed by atoms with Gasteiger partial charge in [-0.2, -0.15) is 0 Å². The van der Waals surface area contributed by atoms with Crippen molar-refractivity contribution in [3.05, 3.63) is 11.6 Å². The molecule has 0 radical (unpaired) electrons. The van der Waals surface area contributed by atoms with Crippen molar-refractivity contribution in [1.82, 2.24) is 0 Å². The van der Waals surface area contributed by atoms with Gasteiger partial charge in [0.05, 0.1) is 0 Å². The first-order chi connectivity index (χ1) is 15.2. The van der Waals surface area contributed by atoms with Gasteiger partial charge in [0.1, 0.15) is 19.5 Å². The molecule has 0 aromatic heterocycles. The van der Waals surface area contributed by atoms with E-state index in [2.05, 4.69) is 13.8 Å². The molecular weight excluding hydrogens is 408 g/mol. The van der Waals surface area contributed by atoms with Crippen LogP contribution < -0.4 is 0 Å². The van der Waals surface area contributed by atoms with Crippen LogP contribution in [0.3, 0.4) is 0 Å². The number of hydrogen-bond donors (Lipinski definition) is 0. The molecule has 0 N–H and O–H groups in total. The molecular formula is C26H38O6. The quantitative estimate of drug-likeness (QED) is 0.330. The maximum Gasteiger partial charge on any atom is 0.303 e. The number of esters is 1. The molecule has 0 aromatic carbocycles. The summed E-state index contributed by atoms with van der Waals surface area (Å²) in [6, 6.07) is 0. The van der Waals surface area contributed by atoms with Crippen LogP contribution in [0.4, 0.5) is 0 Å². The normalized spacial score (nSPS) is 40.7. The third kappa shape index (κ3) is 3.98. The largest absolute Gasteiger partial charge is 0.458 e. The number of fused-ring (bicyclic) bond motifs is 5. The third-order valence-electron chi connectivity index (χ3n) is 9.34. The van der Waals surface area contributed by atoms with Crippen LogP contribution in [0.1, 0.15) is 72.6 Å². The molecule has 1 unspecified atom stereocenters. The van der Waals surface area contributed by atoms with Crippen molar-refractivity contribution in [3.8, 4) is 0 Å². The van der Waals surface area contributed by atoms with E-state index in [0.29, 0.717) is 24.4 Å². The van der Waals surface area contributed by atoms with Gasteiger partial charge in [0.2, 0.25) is 0 Å². The van der Waals surface area contributed by atoms with Crippen molar-refractivity contribution in [3.63, 3.8) is 0 Å². The minimum atomic E-state index is -0.427. The monoisotopic (exact) mass is 446 g/mol. The number of carbonyl (C=O) groups excluding carboxylic acids is 3. The summed E-state index contributed by atoms with van der Waals surface area (Å²) in [5.74, 6) is 1.32. The number of allylic oxidation sites excluding steroid dienone is 1. The minimum Gasteiger partial charge on any atom is -0.458 e. The number of hydrogen-bond acceptors (Lipinski definition) is 6. The van der Waals surface area contributed by atoms with Crippen LogP contribution in [-0.4, -0.2) is 43.6 Å². The zero-order valence-electron chi connectivity index (χ0n) is 20.0. The minimum absolute atomic E-state index is 0.0206. The van der Waals surface area contributed by atoms with Gasteiger partial charge in [-0.25, -0.2) is 0 Å². The van der Waals surface area contributed by atoms with Crippen LogP contribution in [0.2, 0.25) is 0 Å². The fourth-order valence-corrected chi connectivity index (χ4v) is 7.75. The summed E-state index contributed by atoms with van der Waals surface area (Å²) >= 11 is 0. The van der Waals surface area contributed by atoms with E-state index < -0.39 is 12.1 Å². The van der Waals surface area contributed by atoms with E-state index in [9.17, 15) is 14.4 Å². The van der Waals surface area contributed by atoms with E-state index in [1.54, 1.807) is 0 Å².